The minimum absolute atomic E-state index is 0.441. The van der Waals surface area contributed by atoms with Crippen LogP contribution in [0, 0.1) is 0 Å². The van der Waals surface area contributed by atoms with Crippen molar-refractivity contribution in [3.63, 3.8) is 0 Å². The molecule has 0 radical (unpaired) electrons. The van der Waals surface area contributed by atoms with Gasteiger partial charge >= 0.3 is 0 Å². The fourth-order valence-corrected chi connectivity index (χ4v) is 1.63. The van der Waals surface area contributed by atoms with E-state index in [1.807, 2.05) is 29.2 Å². The van der Waals surface area contributed by atoms with Crippen LogP contribution in [0.1, 0.15) is 13.3 Å². The molecule has 82 valence electrons. The Bertz CT molecular complexity index is 313. The van der Waals surface area contributed by atoms with E-state index in [0.29, 0.717) is 13.0 Å². The largest absolute Gasteiger partial charge is 0.362 e. The van der Waals surface area contributed by atoms with Gasteiger partial charge in [0.2, 0.25) is 0 Å². The summed E-state index contributed by atoms with van der Waals surface area (Å²) < 4.78 is 30.2. The third-order valence-corrected chi connectivity index (χ3v) is 3.52. The maximum absolute atomic E-state index is 10.7. The average molecular weight is 220 g/mol. The van der Waals surface area contributed by atoms with Gasteiger partial charge in [0.05, 0.1) is 11.9 Å². The molecule has 1 atom stereocenters. The smallest absolute Gasteiger partial charge is 0.267 e. The summed E-state index contributed by atoms with van der Waals surface area (Å²) in [5.74, 6) is 0. The molecule has 0 aromatic heterocycles. The van der Waals surface area contributed by atoms with Gasteiger partial charge in [-0.05, 0) is 13.3 Å². The van der Waals surface area contributed by atoms with Crippen LogP contribution in [0.15, 0.2) is 12.4 Å². The van der Waals surface area contributed by atoms with Crippen molar-refractivity contribution in [3.8, 4) is 0 Å². The number of hydrogen-bond acceptors (Lipinski definition) is 4. The molecule has 0 amide bonds. The molecule has 1 rings (SSSR count). The standard InChI is InChI=1S/C8H16N2O3S/c1-8(14(11,12)13)3-4-10-6-5-9(2)7-10/h5-6,8H,3-4,7H2,1-2H3,(H,11,12,13). The summed E-state index contributed by atoms with van der Waals surface area (Å²) >= 11 is 0. The van der Waals surface area contributed by atoms with E-state index < -0.39 is 15.4 Å². The Labute approximate surface area is 84.7 Å². The molecule has 1 unspecified atom stereocenters. The molecule has 0 aromatic carbocycles. The van der Waals surface area contributed by atoms with Gasteiger partial charge in [-0.3, -0.25) is 4.55 Å². The van der Waals surface area contributed by atoms with Gasteiger partial charge in [-0.1, -0.05) is 0 Å². The van der Waals surface area contributed by atoms with Crippen molar-refractivity contribution >= 4 is 10.1 Å². The van der Waals surface area contributed by atoms with Gasteiger partial charge < -0.3 is 9.80 Å². The molecule has 0 bridgehead atoms. The van der Waals surface area contributed by atoms with Crippen molar-refractivity contribution in [2.45, 2.75) is 18.6 Å². The highest BCUT2D eigenvalue weighted by Gasteiger charge is 2.18. The van der Waals surface area contributed by atoms with Crippen molar-refractivity contribution < 1.29 is 13.0 Å². The molecule has 0 aliphatic carbocycles. The molecule has 1 heterocycles. The van der Waals surface area contributed by atoms with E-state index in [1.165, 1.54) is 6.92 Å². The van der Waals surface area contributed by atoms with Gasteiger partial charge in [-0.25, -0.2) is 0 Å². The lowest BCUT2D eigenvalue weighted by molar-refractivity contribution is 0.292. The van der Waals surface area contributed by atoms with Crippen molar-refractivity contribution in [3.05, 3.63) is 12.4 Å². The van der Waals surface area contributed by atoms with Gasteiger partial charge in [0.15, 0.2) is 0 Å². The lowest BCUT2D eigenvalue weighted by Gasteiger charge is -2.19. The minimum atomic E-state index is -3.87. The molecule has 0 aromatic rings. The van der Waals surface area contributed by atoms with Crippen LogP contribution in [0.3, 0.4) is 0 Å². The Morgan fingerprint density at radius 1 is 1.50 bits per heavy atom. The first-order chi connectivity index (χ1) is 6.39. The first kappa shape index (κ1) is 11.3. The maximum atomic E-state index is 10.7. The van der Waals surface area contributed by atoms with Crippen LogP contribution in [-0.4, -0.2) is 48.3 Å². The summed E-state index contributed by atoms with van der Waals surface area (Å²) in [4.78, 5) is 4.00. The Morgan fingerprint density at radius 2 is 2.14 bits per heavy atom. The fraction of sp³-hybridized carbons (Fsp3) is 0.750. The zero-order valence-electron chi connectivity index (χ0n) is 8.42. The summed E-state index contributed by atoms with van der Waals surface area (Å²) in [7, 11) is -1.93. The van der Waals surface area contributed by atoms with Crippen molar-refractivity contribution in [1.29, 1.82) is 0 Å². The molecule has 1 N–H and O–H groups in total. The van der Waals surface area contributed by atoms with Crippen LogP contribution >= 0.6 is 0 Å². The molecule has 0 saturated carbocycles. The quantitative estimate of drug-likeness (QED) is 0.692. The number of nitrogens with zero attached hydrogens (tertiary/aromatic N) is 2. The lowest BCUT2D eigenvalue weighted by atomic mass is 10.3. The zero-order valence-corrected chi connectivity index (χ0v) is 9.24. The Balaban J connectivity index is 2.32. The summed E-state index contributed by atoms with van der Waals surface area (Å²) in [5.41, 5.74) is 0. The highest BCUT2D eigenvalue weighted by Crippen LogP contribution is 2.08. The van der Waals surface area contributed by atoms with Gasteiger partial charge in [0.1, 0.15) is 0 Å². The first-order valence-corrected chi connectivity index (χ1v) is 5.99. The van der Waals surface area contributed by atoms with E-state index in [0.717, 1.165) is 6.67 Å². The third kappa shape index (κ3) is 3.19. The van der Waals surface area contributed by atoms with E-state index in [4.69, 9.17) is 4.55 Å². The SMILES string of the molecule is CC(CCN1C=CN(C)C1)S(=O)(=O)O. The first-order valence-electron chi connectivity index (χ1n) is 4.48. The highest BCUT2D eigenvalue weighted by molar-refractivity contribution is 7.86. The molecule has 1 aliphatic rings. The molecule has 14 heavy (non-hydrogen) atoms. The second kappa shape index (κ2) is 4.18. The average Bonchev–Trinajstić information content (AvgIpc) is 2.45. The summed E-state index contributed by atoms with van der Waals surface area (Å²) in [6.45, 7) is 2.93. The highest BCUT2D eigenvalue weighted by atomic mass is 32.2. The van der Waals surface area contributed by atoms with Crippen molar-refractivity contribution in [1.82, 2.24) is 9.80 Å². The second-order valence-electron chi connectivity index (χ2n) is 3.62. The summed E-state index contributed by atoms with van der Waals surface area (Å²) in [6.07, 6.45) is 4.28. The fourth-order valence-electron chi connectivity index (χ4n) is 1.23. The minimum Gasteiger partial charge on any atom is -0.362 e. The van der Waals surface area contributed by atoms with E-state index in [9.17, 15) is 8.42 Å². The van der Waals surface area contributed by atoms with E-state index in [2.05, 4.69) is 0 Å². The van der Waals surface area contributed by atoms with Crippen LogP contribution in [0.2, 0.25) is 0 Å². The Kier molecular flexibility index (Phi) is 3.38. The van der Waals surface area contributed by atoms with E-state index >= 15 is 0 Å². The Hall–Kier alpha value is -0.750. The molecule has 0 spiro atoms. The normalized spacial score (nSPS) is 19.1. The van der Waals surface area contributed by atoms with Gasteiger partial charge in [-0.2, -0.15) is 8.42 Å². The van der Waals surface area contributed by atoms with Crippen LogP contribution in [0.5, 0.6) is 0 Å². The van der Waals surface area contributed by atoms with Crippen molar-refractivity contribution in [2.24, 2.45) is 0 Å². The summed E-state index contributed by atoms with van der Waals surface area (Å²) in [5, 5.41) is -0.693. The molecular weight excluding hydrogens is 204 g/mol. The predicted octanol–water partition coefficient (Wildman–Crippen LogP) is 0.329. The molecule has 0 fully saturated rings. The monoisotopic (exact) mass is 220 g/mol. The predicted molar refractivity (Wildman–Crippen MR) is 54.1 cm³/mol. The maximum Gasteiger partial charge on any atom is 0.267 e. The van der Waals surface area contributed by atoms with Crippen LogP contribution in [0.25, 0.3) is 0 Å². The van der Waals surface area contributed by atoms with Crippen LogP contribution in [-0.2, 0) is 10.1 Å². The topological polar surface area (TPSA) is 60.9 Å². The van der Waals surface area contributed by atoms with Crippen LogP contribution in [0.4, 0.5) is 0 Å². The molecule has 5 nitrogen and oxygen atoms in total. The summed E-state index contributed by atoms with van der Waals surface area (Å²) in [6, 6.07) is 0. The number of rotatable bonds is 4. The molecule has 0 saturated heterocycles. The van der Waals surface area contributed by atoms with Crippen molar-refractivity contribution in [2.75, 3.05) is 20.3 Å². The van der Waals surface area contributed by atoms with Gasteiger partial charge in [-0.15, -0.1) is 0 Å². The Morgan fingerprint density at radius 3 is 2.57 bits per heavy atom. The van der Waals surface area contributed by atoms with E-state index in [1.54, 1.807) is 0 Å². The second-order valence-corrected chi connectivity index (χ2v) is 5.46. The van der Waals surface area contributed by atoms with E-state index in [-0.39, 0.29) is 0 Å². The molecule has 1 aliphatic heterocycles. The lowest BCUT2D eigenvalue weighted by Crippen LogP contribution is -2.27. The van der Waals surface area contributed by atoms with Gasteiger partial charge in [0, 0.05) is 26.0 Å². The van der Waals surface area contributed by atoms with Crippen LogP contribution < -0.4 is 0 Å². The zero-order chi connectivity index (χ0) is 10.8. The third-order valence-electron chi connectivity index (χ3n) is 2.27. The molecule has 6 heteroatoms. The number of hydrogen-bond donors (Lipinski definition) is 1. The van der Waals surface area contributed by atoms with Gasteiger partial charge in [0.25, 0.3) is 10.1 Å². The molecular formula is C8H16N2O3S.